The number of nitrogens with two attached hydrogens (primary N) is 2. The number of carbonyl (C=O) groups excluding carboxylic acids is 1. The van der Waals surface area contributed by atoms with Crippen molar-refractivity contribution in [1.82, 2.24) is 0 Å². The largest absolute Gasteiger partial charge is 0.397 e. The van der Waals surface area contributed by atoms with Gasteiger partial charge < -0.3 is 16.6 Å². The van der Waals surface area contributed by atoms with Crippen LogP contribution >= 0.6 is 0 Å². The molecule has 0 saturated carbocycles. The van der Waals surface area contributed by atoms with Crippen molar-refractivity contribution in [2.75, 3.05) is 11.5 Å². The van der Waals surface area contributed by atoms with Gasteiger partial charge in [-0.15, -0.1) is 0 Å². The average Bonchev–Trinajstić information content (AvgIpc) is 2.41. The van der Waals surface area contributed by atoms with Gasteiger partial charge in [-0.25, -0.2) is 0 Å². The molecule has 0 fully saturated rings. The number of ketones is 1. The van der Waals surface area contributed by atoms with Crippen molar-refractivity contribution >= 4 is 17.2 Å². The molecule has 1 unspecified atom stereocenters. The van der Waals surface area contributed by atoms with E-state index in [0.717, 1.165) is 0 Å². The smallest absolute Gasteiger partial charge is 0.195 e. The van der Waals surface area contributed by atoms with Crippen LogP contribution in [0, 0.1) is 0 Å². The normalized spacial score (nSPS) is 12.1. The zero-order valence-electron chi connectivity index (χ0n) is 9.71. The van der Waals surface area contributed by atoms with Gasteiger partial charge in [-0.1, -0.05) is 30.3 Å². The zero-order chi connectivity index (χ0) is 13.1. The Morgan fingerprint density at radius 2 is 1.67 bits per heavy atom. The summed E-state index contributed by atoms with van der Waals surface area (Å²) in [7, 11) is 0. The van der Waals surface area contributed by atoms with Gasteiger partial charge in [0, 0.05) is 5.56 Å². The summed E-state index contributed by atoms with van der Waals surface area (Å²) in [5, 5.41) is 9.98. The van der Waals surface area contributed by atoms with E-state index in [0.29, 0.717) is 22.5 Å². The highest BCUT2D eigenvalue weighted by Gasteiger charge is 2.19. The summed E-state index contributed by atoms with van der Waals surface area (Å²) in [4.78, 5) is 12.1. The number of aliphatic hydroxyl groups is 1. The molecule has 4 heteroatoms. The molecule has 4 nitrogen and oxygen atoms in total. The number of aliphatic hydroxyl groups excluding tert-OH is 1. The fourth-order valence-electron chi connectivity index (χ4n) is 1.67. The van der Waals surface area contributed by atoms with Crippen molar-refractivity contribution in [3.63, 3.8) is 0 Å². The summed E-state index contributed by atoms with van der Waals surface area (Å²) < 4.78 is 0. The Balaban J connectivity index is 2.29. The summed E-state index contributed by atoms with van der Waals surface area (Å²) in [6.45, 7) is 0. The second kappa shape index (κ2) is 4.89. The Bertz CT molecular complexity index is 567. The van der Waals surface area contributed by atoms with Crippen LogP contribution in [0.1, 0.15) is 22.0 Å². The van der Waals surface area contributed by atoms with Crippen LogP contribution < -0.4 is 11.5 Å². The molecule has 0 amide bonds. The minimum atomic E-state index is -1.19. The molecule has 2 rings (SSSR count). The second-order valence-electron chi connectivity index (χ2n) is 4.02. The van der Waals surface area contributed by atoms with Crippen LogP contribution in [-0.2, 0) is 0 Å². The minimum Gasteiger partial charge on any atom is -0.397 e. The monoisotopic (exact) mass is 242 g/mol. The quantitative estimate of drug-likeness (QED) is 0.565. The van der Waals surface area contributed by atoms with Crippen molar-refractivity contribution in [3.05, 3.63) is 59.7 Å². The van der Waals surface area contributed by atoms with Gasteiger partial charge in [-0.3, -0.25) is 4.79 Å². The molecule has 0 spiro atoms. The number of hydrogen-bond acceptors (Lipinski definition) is 4. The minimum absolute atomic E-state index is 0.334. The molecule has 92 valence electrons. The van der Waals surface area contributed by atoms with Crippen LogP contribution in [0.3, 0.4) is 0 Å². The van der Waals surface area contributed by atoms with Gasteiger partial charge in [0.05, 0.1) is 11.4 Å². The Hall–Kier alpha value is -2.33. The lowest BCUT2D eigenvalue weighted by atomic mass is 9.99. The maximum absolute atomic E-state index is 12.1. The van der Waals surface area contributed by atoms with Crippen molar-refractivity contribution in [1.29, 1.82) is 0 Å². The highest BCUT2D eigenvalue weighted by Crippen LogP contribution is 2.22. The second-order valence-corrected chi connectivity index (χ2v) is 4.02. The molecule has 0 aliphatic carbocycles. The summed E-state index contributed by atoms with van der Waals surface area (Å²) >= 11 is 0. The van der Waals surface area contributed by atoms with E-state index in [1.54, 1.807) is 36.4 Å². The first-order valence-electron chi connectivity index (χ1n) is 5.52. The molecule has 0 aromatic heterocycles. The average molecular weight is 242 g/mol. The van der Waals surface area contributed by atoms with Gasteiger partial charge in [0.15, 0.2) is 5.78 Å². The molecular weight excluding hydrogens is 228 g/mol. The predicted octanol–water partition coefficient (Wildman–Crippen LogP) is 1.77. The number of benzene rings is 2. The molecule has 2 aromatic carbocycles. The highest BCUT2D eigenvalue weighted by atomic mass is 16.3. The number of carbonyl (C=O) groups is 1. The van der Waals surface area contributed by atoms with Gasteiger partial charge in [0.2, 0.25) is 0 Å². The van der Waals surface area contributed by atoms with E-state index in [2.05, 4.69) is 0 Å². The molecular formula is C14H14N2O2. The topological polar surface area (TPSA) is 89.3 Å². The van der Waals surface area contributed by atoms with Crippen molar-refractivity contribution in [2.24, 2.45) is 0 Å². The Morgan fingerprint density at radius 1 is 1.00 bits per heavy atom. The maximum Gasteiger partial charge on any atom is 0.195 e. The number of nitrogen functional groups attached to an aromatic ring is 2. The first-order valence-corrected chi connectivity index (χ1v) is 5.52. The SMILES string of the molecule is Nc1ccc(C(=O)C(O)c2ccccc2)cc1N. The first kappa shape index (κ1) is 12.1. The summed E-state index contributed by atoms with van der Waals surface area (Å²) in [6, 6.07) is 13.3. The molecule has 0 aliphatic heterocycles. The third kappa shape index (κ3) is 2.33. The molecule has 0 heterocycles. The van der Waals surface area contributed by atoms with Gasteiger partial charge in [0.1, 0.15) is 6.10 Å². The molecule has 5 N–H and O–H groups in total. The highest BCUT2D eigenvalue weighted by molar-refractivity contribution is 6.01. The molecule has 0 aliphatic rings. The summed E-state index contributed by atoms with van der Waals surface area (Å²) in [5.74, 6) is -0.395. The van der Waals surface area contributed by atoms with Crippen molar-refractivity contribution in [2.45, 2.75) is 6.10 Å². The number of anilines is 2. The van der Waals surface area contributed by atoms with Crippen LogP contribution in [0.25, 0.3) is 0 Å². The number of Topliss-reactive ketones (excluding diaryl/α,β-unsaturated/α-hetero) is 1. The van der Waals surface area contributed by atoms with E-state index < -0.39 is 11.9 Å². The number of rotatable bonds is 3. The lowest BCUT2D eigenvalue weighted by molar-refractivity contribution is 0.0747. The van der Waals surface area contributed by atoms with E-state index in [9.17, 15) is 9.90 Å². The van der Waals surface area contributed by atoms with Gasteiger partial charge in [-0.2, -0.15) is 0 Å². The standard InChI is InChI=1S/C14H14N2O2/c15-11-7-6-10(8-12(11)16)14(18)13(17)9-4-2-1-3-5-9/h1-8,13,17H,15-16H2. The van der Waals surface area contributed by atoms with E-state index in [-0.39, 0.29) is 0 Å². The summed E-state index contributed by atoms with van der Waals surface area (Å²) in [6.07, 6.45) is -1.19. The summed E-state index contributed by atoms with van der Waals surface area (Å²) in [5.41, 5.74) is 12.9. The molecule has 0 bridgehead atoms. The van der Waals surface area contributed by atoms with E-state index in [1.807, 2.05) is 6.07 Å². The van der Waals surface area contributed by atoms with Crippen LogP contribution in [0.4, 0.5) is 11.4 Å². The molecule has 18 heavy (non-hydrogen) atoms. The number of hydrogen-bond donors (Lipinski definition) is 3. The van der Waals surface area contributed by atoms with Gasteiger partial charge in [-0.05, 0) is 23.8 Å². The van der Waals surface area contributed by atoms with Crippen LogP contribution in [0.2, 0.25) is 0 Å². The maximum atomic E-state index is 12.1. The Morgan fingerprint density at radius 3 is 2.28 bits per heavy atom. The van der Waals surface area contributed by atoms with Gasteiger partial charge >= 0.3 is 0 Å². The fourth-order valence-corrected chi connectivity index (χ4v) is 1.67. The van der Waals surface area contributed by atoms with Crippen LogP contribution in [0.5, 0.6) is 0 Å². The lowest BCUT2D eigenvalue weighted by Gasteiger charge is -2.10. The Labute approximate surface area is 105 Å². The predicted molar refractivity (Wildman–Crippen MR) is 71.0 cm³/mol. The zero-order valence-corrected chi connectivity index (χ0v) is 9.71. The van der Waals surface area contributed by atoms with E-state index in [1.165, 1.54) is 6.07 Å². The molecule has 2 aromatic rings. The van der Waals surface area contributed by atoms with Crippen molar-refractivity contribution < 1.29 is 9.90 Å². The molecule has 0 saturated heterocycles. The van der Waals surface area contributed by atoms with Crippen LogP contribution in [-0.4, -0.2) is 10.9 Å². The third-order valence-electron chi connectivity index (χ3n) is 2.73. The van der Waals surface area contributed by atoms with Crippen LogP contribution in [0.15, 0.2) is 48.5 Å². The molecule has 1 atom stereocenters. The molecule has 0 radical (unpaired) electrons. The van der Waals surface area contributed by atoms with Crippen molar-refractivity contribution in [3.8, 4) is 0 Å². The Kier molecular flexibility index (Phi) is 3.30. The lowest BCUT2D eigenvalue weighted by Crippen LogP contribution is -2.12. The van der Waals surface area contributed by atoms with E-state index >= 15 is 0 Å². The third-order valence-corrected chi connectivity index (χ3v) is 2.73. The first-order chi connectivity index (χ1) is 8.59. The van der Waals surface area contributed by atoms with Gasteiger partial charge in [0.25, 0.3) is 0 Å². The fraction of sp³-hybridized carbons (Fsp3) is 0.0714. The van der Waals surface area contributed by atoms with E-state index in [4.69, 9.17) is 11.5 Å².